The molecule has 1 aromatic carbocycles. The molecule has 8 nitrogen and oxygen atoms in total. The molecule has 3 aliphatic rings. The average molecular weight is 431 g/mol. The van der Waals surface area contributed by atoms with Gasteiger partial charge in [0.05, 0.1) is 25.4 Å². The topological polar surface area (TPSA) is 83.1 Å². The maximum atomic E-state index is 12.4. The van der Waals surface area contributed by atoms with Crippen molar-refractivity contribution in [1.29, 1.82) is 0 Å². The Hall–Kier alpha value is -2.16. The summed E-state index contributed by atoms with van der Waals surface area (Å²) >= 11 is 0. The van der Waals surface area contributed by atoms with Gasteiger partial charge in [-0.15, -0.1) is 0 Å². The van der Waals surface area contributed by atoms with E-state index >= 15 is 0 Å². The van der Waals surface area contributed by atoms with Crippen molar-refractivity contribution in [2.75, 3.05) is 64.5 Å². The third kappa shape index (κ3) is 5.56. The third-order valence-electron chi connectivity index (χ3n) is 6.50. The highest BCUT2D eigenvalue weighted by Crippen LogP contribution is 2.30. The molecule has 2 fully saturated rings. The molecular weight excluding hydrogens is 396 g/mol. The van der Waals surface area contributed by atoms with Crippen LogP contribution < -0.4 is 15.5 Å². The molecule has 2 amide bonds. The summed E-state index contributed by atoms with van der Waals surface area (Å²) < 4.78 is 11.0. The molecular formula is C23H34N4O4. The van der Waals surface area contributed by atoms with Crippen LogP contribution in [0.5, 0.6) is 0 Å². The first-order valence-electron chi connectivity index (χ1n) is 11.4. The normalized spacial score (nSPS) is 22.6. The standard InChI is InChI=1S/C23H34N4O4/c1-26-8-2-4-17-14-18(6-7-20(17)26)21(27-9-12-30-13-10-27)16-25-23(29)22(28)24-15-19-5-3-11-31-19/h6-7,14,19,21H,2-5,8-13,15-16H2,1H3,(H,24,28)(H,25,29)/t19-,21-/m0/s1. The van der Waals surface area contributed by atoms with Crippen LogP contribution in [0.2, 0.25) is 0 Å². The van der Waals surface area contributed by atoms with E-state index < -0.39 is 11.8 Å². The average Bonchev–Trinajstić information content (AvgIpc) is 3.32. The lowest BCUT2D eigenvalue weighted by atomic mass is 9.95. The Kier molecular flexibility index (Phi) is 7.42. The molecule has 0 radical (unpaired) electrons. The minimum atomic E-state index is -0.594. The Bertz CT molecular complexity index is 775. The molecule has 0 unspecified atom stereocenters. The van der Waals surface area contributed by atoms with Crippen LogP contribution in [0, 0.1) is 0 Å². The second kappa shape index (κ2) is 10.4. The summed E-state index contributed by atoms with van der Waals surface area (Å²) in [6.07, 6.45) is 4.17. The van der Waals surface area contributed by atoms with Gasteiger partial charge in [0.2, 0.25) is 0 Å². The SMILES string of the molecule is CN1CCCc2cc([C@H](CNC(=O)C(=O)NC[C@@H]3CCCO3)N3CCOCC3)ccc21. The van der Waals surface area contributed by atoms with E-state index in [-0.39, 0.29) is 12.1 Å². The molecule has 8 heteroatoms. The van der Waals surface area contributed by atoms with Gasteiger partial charge in [0.15, 0.2) is 0 Å². The van der Waals surface area contributed by atoms with E-state index in [4.69, 9.17) is 9.47 Å². The van der Waals surface area contributed by atoms with Gasteiger partial charge in [-0.05, 0) is 42.9 Å². The first kappa shape index (κ1) is 22.0. The molecule has 0 aliphatic carbocycles. The van der Waals surface area contributed by atoms with Gasteiger partial charge in [0.1, 0.15) is 0 Å². The smallest absolute Gasteiger partial charge is 0.309 e. The van der Waals surface area contributed by atoms with Crippen LogP contribution in [0.15, 0.2) is 18.2 Å². The summed E-state index contributed by atoms with van der Waals surface area (Å²) in [4.78, 5) is 29.3. The van der Waals surface area contributed by atoms with Crippen molar-refractivity contribution in [3.8, 4) is 0 Å². The summed E-state index contributed by atoms with van der Waals surface area (Å²) in [6, 6.07) is 6.63. The first-order chi connectivity index (χ1) is 15.1. The zero-order chi connectivity index (χ0) is 21.6. The predicted molar refractivity (Wildman–Crippen MR) is 118 cm³/mol. The van der Waals surface area contributed by atoms with E-state index in [1.807, 2.05) is 0 Å². The van der Waals surface area contributed by atoms with Crippen LogP contribution in [0.4, 0.5) is 5.69 Å². The van der Waals surface area contributed by atoms with Crippen molar-refractivity contribution in [2.24, 2.45) is 0 Å². The fraction of sp³-hybridized carbons (Fsp3) is 0.652. The number of aryl methyl sites for hydroxylation is 1. The molecule has 2 saturated heterocycles. The van der Waals surface area contributed by atoms with Gasteiger partial charge in [0, 0.05) is 52.1 Å². The number of benzene rings is 1. The number of morpholine rings is 1. The number of rotatable bonds is 6. The van der Waals surface area contributed by atoms with E-state index in [1.54, 1.807) is 0 Å². The summed E-state index contributed by atoms with van der Waals surface area (Å²) in [7, 11) is 2.13. The van der Waals surface area contributed by atoms with Crippen molar-refractivity contribution >= 4 is 17.5 Å². The van der Waals surface area contributed by atoms with Crippen molar-refractivity contribution < 1.29 is 19.1 Å². The monoisotopic (exact) mass is 430 g/mol. The molecule has 0 aromatic heterocycles. The van der Waals surface area contributed by atoms with Gasteiger partial charge >= 0.3 is 11.8 Å². The van der Waals surface area contributed by atoms with E-state index in [1.165, 1.54) is 16.8 Å². The Morgan fingerprint density at radius 3 is 2.68 bits per heavy atom. The van der Waals surface area contributed by atoms with E-state index in [2.05, 4.69) is 45.7 Å². The summed E-state index contributed by atoms with van der Waals surface area (Å²) in [5.41, 5.74) is 3.81. The van der Waals surface area contributed by atoms with Crippen molar-refractivity contribution in [3.05, 3.63) is 29.3 Å². The molecule has 31 heavy (non-hydrogen) atoms. The molecule has 1 aromatic rings. The van der Waals surface area contributed by atoms with E-state index in [9.17, 15) is 9.59 Å². The second-order valence-corrected chi connectivity index (χ2v) is 8.63. The minimum absolute atomic E-state index is 0.0105. The number of amides is 2. The van der Waals surface area contributed by atoms with Crippen LogP contribution in [-0.4, -0.2) is 82.4 Å². The maximum Gasteiger partial charge on any atom is 0.309 e. The summed E-state index contributed by atoms with van der Waals surface area (Å²) in [6.45, 7) is 5.56. The number of hydrogen-bond acceptors (Lipinski definition) is 6. The summed E-state index contributed by atoms with van der Waals surface area (Å²) in [5, 5.41) is 5.56. The fourth-order valence-electron chi connectivity index (χ4n) is 4.72. The molecule has 0 spiro atoms. The van der Waals surface area contributed by atoms with E-state index in [0.29, 0.717) is 26.3 Å². The molecule has 3 aliphatic heterocycles. The first-order valence-corrected chi connectivity index (χ1v) is 11.4. The third-order valence-corrected chi connectivity index (χ3v) is 6.50. The Balaban J connectivity index is 1.40. The molecule has 2 N–H and O–H groups in total. The van der Waals surface area contributed by atoms with Crippen LogP contribution >= 0.6 is 0 Å². The number of anilines is 1. The van der Waals surface area contributed by atoms with Gasteiger partial charge in [0.25, 0.3) is 0 Å². The number of carbonyl (C=O) groups is 2. The van der Waals surface area contributed by atoms with Crippen molar-refractivity contribution in [3.63, 3.8) is 0 Å². The van der Waals surface area contributed by atoms with Crippen LogP contribution in [0.3, 0.4) is 0 Å². The van der Waals surface area contributed by atoms with Crippen molar-refractivity contribution in [2.45, 2.75) is 37.8 Å². The molecule has 2 atom stereocenters. The van der Waals surface area contributed by atoms with Gasteiger partial charge in [-0.1, -0.05) is 12.1 Å². The van der Waals surface area contributed by atoms with Crippen LogP contribution in [0.25, 0.3) is 0 Å². The number of nitrogens with zero attached hydrogens (tertiary/aromatic N) is 2. The number of nitrogens with one attached hydrogen (secondary N) is 2. The Morgan fingerprint density at radius 1 is 1.10 bits per heavy atom. The fourth-order valence-corrected chi connectivity index (χ4v) is 4.72. The van der Waals surface area contributed by atoms with Crippen molar-refractivity contribution in [1.82, 2.24) is 15.5 Å². The molecule has 0 saturated carbocycles. The largest absolute Gasteiger partial charge is 0.379 e. The molecule has 3 heterocycles. The lowest BCUT2D eigenvalue weighted by Gasteiger charge is -2.36. The molecule has 170 valence electrons. The zero-order valence-electron chi connectivity index (χ0n) is 18.4. The Morgan fingerprint density at radius 2 is 1.90 bits per heavy atom. The van der Waals surface area contributed by atoms with Gasteiger partial charge in [-0.3, -0.25) is 14.5 Å². The summed E-state index contributed by atoms with van der Waals surface area (Å²) in [5.74, 6) is -1.18. The zero-order valence-corrected chi connectivity index (χ0v) is 18.4. The number of hydrogen-bond donors (Lipinski definition) is 2. The number of ether oxygens (including phenoxy) is 2. The van der Waals surface area contributed by atoms with Gasteiger partial charge < -0.3 is 25.0 Å². The van der Waals surface area contributed by atoms with Gasteiger partial charge in [-0.25, -0.2) is 0 Å². The predicted octanol–water partition coefficient (Wildman–Crippen LogP) is 0.854. The number of fused-ring (bicyclic) bond motifs is 1. The van der Waals surface area contributed by atoms with Crippen LogP contribution in [-0.2, 0) is 25.5 Å². The highest BCUT2D eigenvalue weighted by Gasteiger charge is 2.26. The second-order valence-electron chi connectivity index (χ2n) is 8.63. The lowest BCUT2D eigenvalue weighted by molar-refractivity contribution is -0.139. The van der Waals surface area contributed by atoms with E-state index in [0.717, 1.165) is 51.9 Å². The Labute approximate surface area is 184 Å². The maximum absolute atomic E-state index is 12.4. The quantitative estimate of drug-likeness (QED) is 0.652. The van der Waals surface area contributed by atoms with Gasteiger partial charge in [-0.2, -0.15) is 0 Å². The lowest BCUT2D eigenvalue weighted by Crippen LogP contribution is -2.47. The van der Waals surface area contributed by atoms with Crippen LogP contribution in [0.1, 0.15) is 36.4 Å². The minimum Gasteiger partial charge on any atom is -0.379 e. The number of carbonyl (C=O) groups excluding carboxylic acids is 2. The molecule has 4 rings (SSSR count). The highest BCUT2D eigenvalue weighted by atomic mass is 16.5. The molecule has 0 bridgehead atoms. The highest BCUT2D eigenvalue weighted by molar-refractivity contribution is 6.35.